The van der Waals surface area contributed by atoms with Crippen LogP contribution in [0.1, 0.15) is 100 Å². The molecule has 3 heteroatoms. The van der Waals surface area contributed by atoms with Gasteiger partial charge in [-0.2, -0.15) is 0 Å². The number of hydrogen-bond donors (Lipinski definition) is 0. The average molecular weight is 345 g/mol. The first-order chi connectivity index (χ1) is 11.6. The summed E-state index contributed by atoms with van der Waals surface area (Å²) in [7, 11) is 0. The van der Waals surface area contributed by atoms with Gasteiger partial charge in [0.05, 0.1) is 18.8 Å². The predicted octanol–water partition coefficient (Wildman–Crippen LogP) is 6.35. The summed E-state index contributed by atoms with van der Waals surface area (Å²) in [6.45, 7) is 19.1. The molecule has 0 amide bonds. The van der Waals surface area contributed by atoms with Gasteiger partial charge in [0.15, 0.2) is 5.79 Å². The van der Waals surface area contributed by atoms with Gasteiger partial charge in [0, 0.05) is 18.4 Å². The molecule has 0 saturated carbocycles. The van der Waals surface area contributed by atoms with E-state index in [0.717, 1.165) is 45.5 Å². The molecule has 146 valence electrons. The van der Waals surface area contributed by atoms with Gasteiger partial charge in [-0.05, 0) is 45.4 Å². The van der Waals surface area contributed by atoms with E-state index >= 15 is 0 Å². The molecule has 0 aromatic heterocycles. The Kier molecular flexibility index (Phi) is 11.4. The second-order valence-corrected chi connectivity index (χ2v) is 6.66. The normalized spacial score (nSPS) is 31.5. The highest BCUT2D eigenvalue weighted by atomic mass is 16.7. The molecule has 0 aromatic rings. The highest BCUT2D eigenvalue weighted by Gasteiger charge is 2.48. The molecule has 0 aliphatic carbocycles. The summed E-state index contributed by atoms with van der Waals surface area (Å²) in [5, 5.41) is 0. The molecule has 24 heavy (non-hydrogen) atoms. The third-order valence-corrected chi connectivity index (χ3v) is 5.71. The SMILES string of the molecule is CC.CC.CCOC1(CC)CCC2(CCC(CC)(CC)OC2)CO1. The summed E-state index contributed by atoms with van der Waals surface area (Å²) < 4.78 is 18.4. The lowest BCUT2D eigenvalue weighted by molar-refractivity contribution is -0.293. The van der Waals surface area contributed by atoms with Crippen molar-refractivity contribution in [2.24, 2.45) is 5.41 Å². The third kappa shape index (κ3) is 5.71. The Morgan fingerprint density at radius 1 is 0.708 bits per heavy atom. The lowest BCUT2D eigenvalue weighted by Crippen LogP contribution is -2.52. The molecule has 2 aliphatic heterocycles. The summed E-state index contributed by atoms with van der Waals surface area (Å²) in [5.74, 6) is -0.329. The van der Waals surface area contributed by atoms with Crippen LogP contribution in [0.4, 0.5) is 0 Å². The summed E-state index contributed by atoms with van der Waals surface area (Å²) >= 11 is 0. The van der Waals surface area contributed by atoms with E-state index < -0.39 is 0 Å². The molecule has 2 fully saturated rings. The van der Waals surface area contributed by atoms with Crippen LogP contribution >= 0.6 is 0 Å². The molecular formula is C21H44O3. The van der Waals surface area contributed by atoms with Gasteiger partial charge in [0.2, 0.25) is 0 Å². The fourth-order valence-corrected chi connectivity index (χ4v) is 3.70. The van der Waals surface area contributed by atoms with Crippen LogP contribution < -0.4 is 0 Å². The average Bonchev–Trinajstić information content (AvgIpc) is 2.68. The van der Waals surface area contributed by atoms with Gasteiger partial charge < -0.3 is 14.2 Å². The first kappa shape index (κ1) is 23.9. The van der Waals surface area contributed by atoms with Crippen molar-refractivity contribution in [3.63, 3.8) is 0 Å². The second kappa shape index (κ2) is 11.5. The molecule has 0 radical (unpaired) electrons. The van der Waals surface area contributed by atoms with Crippen molar-refractivity contribution in [2.75, 3.05) is 19.8 Å². The third-order valence-electron chi connectivity index (χ3n) is 5.71. The monoisotopic (exact) mass is 344 g/mol. The number of hydrogen-bond acceptors (Lipinski definition) is 3. The van der Waals surface area contributed by atoms with E-state index in [1.54, 1.807) is 0 Å². The highest BCUT2D eigenvalue weighted by Crippen LogP contribution is 2.47. The van der Waals surface area contributed by atoms with E-state index in [9.17, 15) is 0 Å². The first-order valence-electron chi connectivity index (χ1n) is 10.5. The predicted molar refractivity (Wildman–Crippen MR) is 103 cm³/mol. The molecule has 0 bridgehead atoms. The fraction of sp³-hybridized carbons (Fsp3) is 1.00. The van der Waals surface area contributed by atoms with E-state index in [0.29, 0.717) is 0 Å². The maximum Gasteiger partial charge on any atom is 0.168 e. The Balaban J connectivity index is 0.00000123. The lowest BCUT2D eigenvalue weighted by atomic mass is 9.71. The molecule has 2 heterocycles. The van der Waals surface area contributed by atoms with Gasteiger partial charge >= 0.3 is 0 Å². The van der Waals surface area contributed by atoms with Crippen LogP contribution in [0.3, 0.4) is 0 Å². The van der Waals surface area contributed by atoms with Crippen molar-refractivity contribution >= 4 is 0 Å². The zero-order chi connectivity index (χ0) is 18.7. The van der Waals surface area contributed by atoms with Crippen LogP contribution in [0.5, 0.6) is 0 Å². The van der Waals surface area contributed by atoms with Gasteiger partial charge in [-0.25, -0.2) is 0 Å². The molecule has 2 rings (SSSR count). The molecule has 2 aliphatic rings. The molecule has 0 aromatic carbocycles. The van der Waals surface area contributed by atoms with Crippen LogP contribution in [-0.2, 0) is 14.2 Å². The van der Waals surface area contributed by atoms with E-state index in [1.807, 2.05) is 34.6 Å². The Morgan fingerprint density at radius 2 is 1.25 bits per heavy atom. The minimum absolute atomic E-state index is 0.129. The standard InChI is InChI=1S/C17H32O3.2C2H6/c1-5-16(6-2)11-9-15(13-19-16)10-12-17(7-3,18-8-4)20-14-15;2*1-2/h5-14H2,1-4H3;2*1-2H3. The van der Waals surface area contributed by atoms with Crippen LogP contribution in [0.15, 0.2) is 0 Å². The minimum Gasteiger partial charge on any atom is -0.374 e. The number of rotatable bonds is 5. The van der Waals surface area contributed by atoms with Gasteiger partial charge in [-0.3, -0.25) is 0 Å². The van der Waals surface area contributed by atoms with Crippen molar-refractivity contribution in [3.8, 4) is 0 Å². The highest BCUT2D eigenvalue weighted by molar-refractivity contribution is 4.94. The molecule has 2 saturated heterocycles. The fourth-order valence-electron chi connectivity index (χ4n) is 3.70. The summed E-state index contributed by atoms with van der Waals surface area (Å²) in [6, 6.07) is 0. The van der Waals surface area contributed by atoms with Crippen LogP contribution in [0.25, 0.3) is 0 Å². The second-order valence-electron chi connectivity index (χ2n) is 6.66. The van der Waals surface area contributed by atoms with Crippen molar-refractivity contribution in [3.05, 3.63) is 0 Å². The van der Waals surface area contributed by atoms with Crippen molar-refractivity contribution in [1.29, 1.82) is 0 Å². The van der Waals surface area contributed by atoms with Crippen LogP contribution in [-0.4, -0.2) is 31.2 Å². The first-order valence-corrected chi connectivity index (χ1v) is 10.5. The molecule has 2 unspecified atom stereocenters. The molecule has 2 atom stereocenters. The van der Waals surface area contributed by atoms with Crippen molar-refractivity contribution in [2.45, 2.75) is 112 Å². The largest absolute Gasteiger partial charge is 0.374 e. The molecule has 0 N–H and O–H groups in total. The van der Waals surface area contributed by atoms with Crippen LogP contribution in [0, 0.1) is 5.41 Å². The van der Waals surface area contributed by atoms with E-state index in [2.05, 4.69) is 20.8 Å². The zero-order valence-corrected chi connectivity index (χ0v) is 17.8. The maximum atomic E-state index is 6.30. The van der Waals surface area contributed by atoms with Gasteiger partial charge in [0.1, 0.15) is 0 Å². The van der Waals surface area contributed by atoms with Crippen molar-refractivity contribution < 1.29 is 14.2 Å². The van der Waals surface area contributed by atoms with Gasteiger partial charge in [-0.1, -0.05) is 48.5 Å². The smallest absolute Gasteiger partial charge is 0.168 e. The Morgan fingerprint density at radius 3 is 1.58 bits per heavy atom. The quantitative estimate of drug-likeness (QED) is 0.582. The molecular weight excluding hydrogens is 300 g/mol. The van der Waals surface area contributed by atoms with Gasteiger partial charge in [0.25, 0.3) is 0 Å². The van der Waals surface area contributed by atoms with Crippen molar-refractivity contribution in [1.82, 2.24) is 0 Å². The van der Waals surface area contributed by atoms with E-state index in [4.69, 9.17) is 14.2 Å². The Bertz CT molecular complexity index is 290. The van der Waals surface area contributed by atoms with Crippen LogP contribution in [0.2, 0.25) is 0 Å². The van der Waals surface area contributed by atoms with Gasteiger partial charge in [-0.15, -0.1) is 0 Å². The summed E-state index contributed by atoms with van der Waals surface area (Å²) in [6.07, 6.45) is 7.77. The maximum absolute atomic E-state index is 6.30. The molecule has 3 nitrogen and oxygen atoms in total. The van der Waals surface area contributed by atoms with E-state index in [1.165, 1.54) is 19.3 Å². The summed E-state index contributed by atoms with van der Waals surface area (Å²) in [5.41, 5.74) is 0.369. The lowest BCUT2D eigenvalue weighted by Gasteiger charge is -2.51. The zero-order valence-electron chi connectivity index (χ0n) is 17.8. The van der Waals surface area contributed by atoms with E-state index in [-0.39, 0.29) is 16.8 Å². The number of ether oxygens (including phenoxy) is 3. The Hall–Kier alpha value is -0.120. The minimum atomic E-state index is -0.329. The summed E-state index contributed by atoms with van der Waals surface area (Å²) in [4.78, 5) is 0. The Labute approximate surface area is 151 Å². The molecule has 1 spiro atoms. The topological polar surface area (TPSA) is 27.7 Å².